The predicted octanol–water partition coefficient (Wildman–Crippen LogP) is 4.64. The minimum absolute atomic E-state index is 0.290. The fourth-order valence-corrected chi connectivity index (χ4v) is 3.65. The van der Waals surface area contributed by atoms with Crippen molar-refractivity contribution in [3.8, 4) is 11.5 Å². The van der Waals surface area contributed by atoms with Gasteiger partial charge >= 0.3 is 5.00 Å². The number of alkyl halides is 1. The van der Waals surface area contributed by atoms with Gasteiger partial charge in [-0.15, -0.1) is 0 Å². The number of hydrogen-bond donors (Lipinski definition) is 1. The molecule has 0 bridgehead atoms. The highest BCUT2D eigenvalue weighted by molar-refractivity contribution is 6.23. The monoisotopic (exact) mass is 411 g/mol. The van der Waals surface area contributed by atoms with E-state index in [0.717, 1.165) is 5.56 Å². The standard InChI is InChI=1S/C22H18ClNO5/c23-22(24(26)27)20(25)18-8-4-5-9-19(18)29-21(22)16-10-12-17(13-11-16)28-14-15-6-2-1-3-7-15/h1-13,20-21,25H,14H2/t20-,21-,22+/m0/s1. The van der Waals surface area contributed by atoms with Crippen molar-refractivity contribution in [2.45, 2.75) is 23.8 Å². The van der Waals surface area contributed by atoms with Gasteiger partial charge in [0.2, 0.25) is 6.10 Å². The van der Waals surface area contributed by atoms with E-state index in [0.29, 0.717) is 29.2 Å². The lowest BCUT2D eigenvalue weighted by Gasteiger charge is -2.37. The van der Waals surface area contributed by atoms with Crippen molar-refractivity contribution in [2.75, 3.05) is 0 Å². The van der Waals surface area contributed by atoms with Crippen molar-refractivity contribution in [1.29, 1.82) is 0 Å². The summed E-state index contributed by atoms with van der Waals surface area (Å²) < 4.78 is 11.6. The largest absolute Gasteiger partial charge is 0.489 e. The van der Waals surface area contributed by atoms with Crippen molar-refractivity contribution in [2.24, 2.45) is 0 Å². The Morgan fingerprint density at radius 1 is 1.03 bits per heavy atom. The molecule has 0 aliphatic carbocycles. The number of fused-ring (bicyclic) bond motifs is 1. The molecule has 3 atom stereocenters. The van der Waals surface area contributed by atoms with Crippen LogP contribution in [0.25, 0.3) is 0 Å². The first-order valence-corrected chi connectivity index (χ1v) is 9.41. The number of benzene rings is 3. The Bertz CT molecular complexity index is 1010. The minimum Gasteiger partial charge on any atom is -0.489 e. The highest BCUT2D eigenvalue weighted by Gasteiger charge is 2.61. The molecule has 1 aliphatic rings. The molecule has 0 unspecified atom stereocenters. The fraction of sp³-hybridized carbons (Fsp3) is 0.182. The fourth-order valence-electron chi connectivity index (χ4n) is 3.36. The number of ether oxygens (including phenoxy) is 2. The maximum Gasteiger partial charge on any atom is 0.364 e. The second-order valence-electron chi connectivity index (χ2n) is 6.77. The first-order chi connectivity index (χ1) is 14.0. The van der Waals surface area contributed by atoms with E-state index < -0.39 is 22.1 Å². The third-order valence-electron chi connectivity index (χ3n) is 4.92. The summed E-state index contributed by atoms with van der Waals surface area (Å²) in [7, 11) is 0. The highest BCUT2D eigenvalue weighted by Crippen LogP contribution is 2.51. The molecule has 1 aliphatic heterocycles. The quantitative estimate of drug-likeness (QED) is 0.286. The van der Waals surface area contributed by atoms with Crippen LogP contribution in [0.15, 0.2) is 78.9 Å². The molecule has 0 aromatic heterocycles. The van der Waals surface area contributed by atoms with Gasteiger partial charge in [0.1, 0.15) is 18.1 Å². The van der Waals surface area contributed by atoms with E-state index in [2.05, 4.69) is 0 Å². The number of hydrogen-bond acceptors (Lipinski definition) is 5. The summed E-state index contributed by atoms with van der Waals surface area (Å²) in [5, 5.41) is 22.5. The molecular formula is C22H18ClNO5. The lowest BCUT2D eigenvalue weighted by atomic mass is 9.89. The van der Waals surface area contributed by atoms with Crippen molar-refractivity contribution >= 4 is 11.6 Å². The van der Waals surface area contributed by atoms with Gasteiger partial charge in [0.25, 0.3) is 0 Å². The summed E-state index contributed by atoms with van der Waals surface area (Å²) in [5.41, 5.74) is 1.79. The molecule has 1 heterocycles. The van der Waals surface area contributed by atoms with E-state index in [1.54, 1.807) is 48.5 Å². The van der Waals surface area contributed by atoms with Gasteiger partial charge in [0, 0.05) is 11.1 Å². The van der Waals surface area contributed by atoms with Gasteiger partial charge in [0.15, 0.2) is 6.10 Å². The smallest absolute Gasteiger partial charge is 0.364 e. The Morgan fingerprint density at radius 2 is 1.69 bits per heavy atom. The van der Waals surface area contributed by atoms with Crippen molar-refractivity contribution in [1.82, 2.24) is 0 Å². The summed E-state index contributed by atoms with van der Waals surface area (Å²) in [6.07, 6.45) is -2.70. The molecule has 3 aromatic carbocycles. The number of rotatable bonds is 5. The average molecular weight is 412 g/mol. The van der Waals surface area contributed by atoms with Crippen LogP contribution >= 0.6 is 11.6 Å². The van der Waals surface area contributed by atoms with E-state index in [1.807, 2.05) is 30.3 Å². The van der Waals surface area contributed by atoms with Gasteiger partial charge in [-0.3, -0.25) is 10.1 Å². The third kappa shape index (κ3) is 3.52. The van der Waals surface area contributed by atoms with Gasteiger partial charge in [-0.1, -0.05) is 60.7 Å². The van der Waals surface area contributed by atoms with E-state index in [1.165, 1.54) is 0 Å². The average Bonchev–Trinajstić information content (AvgIpc) is 2.76. The van der Waals surface area contributed by atoms with Crippen LogP contribution in [0.4, 0.5) is 0 Å². The Labute approximate surface area is 172 Å². The molecule has 0 saturated heterocycles. The summed E-state index contributed by atoms with van der Waals surface area (Å²) >= 11 is 6.36. The van der Waals surface area contributed by atoms with Crippen molar-refractivity contribution in [3.63, 3.8) is 0 Å². The second kappa shape index (κ2) is 7.73. The Balaban J connectivity index is 1.60. The number of nitro groups is 1. The molecule has 0 spiro atoms. The number of aliphatic hydroxyl groups is 1. The van der Waals surface area contributed by atoms with Crippen LogP contribution in [0.2, 0.25) is 0 Å². The van der Waals surface area contributed by atoms with Gasteiger partial charge in [-0.25, -0.2) is 0 Å². The Morgan fingerprint density at radius 3 is 2.38 bits per heavy atom. The van der Waals surface area contributed by atoms with Crippen LogP contribution in [0.1, 0.15) is 28.9 Å². The zero-order valence-corrected chi connectivity index (χ0v) is 16.0. The predicted molar refractivity (Wildman–Crippen MR) is 108 cm³/mol. The Hall–Kier alpha value is -3.09. The maximum atomic E-state index is 11.8. The number of nitrogens with zero attached hydrogens (tertiary/aromatic N) is 1. The van der Waals surface area contributed by atoms with E-state index >= 15 is 0 Å². The molecule has 4 rings (SSSR count). The van der Waals surface area contributed by atoms with Gasteiger partial charge in [-0.2, -0.15) is 0 Å². The summed E-state index contributed by atoms with van der Waals surface area (Å²) in [5.74, 6) is 0.975. The van der Waals surface area contributed by atoms with Crippen LogP contribution in [0, 0.1) is 10.1 Å². The zero-order chi connectivity index (χ0) is 20.4. The molecule has 29 heavy (non-hydrogen) atoms. The van der Waals surface area contributed by atoms with E-state index in [9.17, 15) is 15.2 Å². The van der Waals surface area contributed by atoms with Crippen molar-refractivity contribution < 1.29 is 19.5 Å². The highest BCUT2D eigenvalue weighted by atomic mass is 35.5. The van der Waals surface area contributed by atoms with Crippen LogP contribution in [0.3, 0.4) is 0 Å². The van der Waals surface area contributed by atoms with E-state index in [-0.39, 0.29) is 0 Å². The van der Waals surface area contributed by atoms with Crippen LogP contribution < -0.4 is 9.47 Å². The zero-order valence-electron chi connectivity index (χ0n) is 15.3. The normalized spacial score (nSPS) is 23.0. The molecule has 6 nitrogen and oxygen atoms in total. The van der Waals surface area contributed by atoms with E-state index in [4.69, 9.17) is 21.1 Å². The minimum atomic E-state index is -2.25. The molecule has 0 amide bonds. The molecule has 0 radical (unpaired) electrons. The first-order valence-electron chi connectivity index (χ1n) is 9.04. The first kappa shape index (κ1) is 19.2. The maximum absolute atomic E-state index is 11.8. The Kier molecular flexibility index (Phi) is 5.13. The van der Waals surface area contributed by atoms with Gasteiger partial charge in [-0.05, 0) is 35.4 Å². The SMILES string of the molecule is O=[N+]([O-])[C@]1(Cl)[C@@H](O)c2ccccc2O[C@H]1c1ccc(OCc2ccccc2)cc1. The number of para-hydroxylation sites is 1. The molecular weight excluding hydrogens is 394 g/mol. The molecule has 7 heteroatoms. The number of aliphatic hydroxyl groups excluding tert-OH is 1. The summed E-state index contributed by atoms with van der Waals surface area (Å²) in [6.45, 7) is 0.403. The van der Waals surface area contributed by atoms with Crippen LogP contribution in [-0.4, -0.2) is 15.0 Å². The third-order valence-corrected chi connectivity index (χ3v) is 5.46. The number of halogens is 1. The molecule has 0 fully saturated rings. The summed E-state index contributed by atoms with van der Waals surface area (Å²) in [4.78, 5) is 8.87. The second-order valence-corrected chi connectivity index (χ2v) is 7.37. The lowest BCUT2D eigenvalue weighted by molar-refractivity contribution is -0.570. The van der Waals surface area contributed by atoms with Crippen LogP contribution in [0.5, 0.6) is 11.5 Å². The molecule has 1 N–H and O–H groups in total. The van der Waals surface area contributed by atoms with Gasteiger partial charge < -0.3 is 14.6 Å². The molecule has 0 saturated carbocycles. The summed E-state index contributed by atoms with van der Waals surface area (Å²) in [6, 6.07) is 23.1. The van der Waals surface area contributed by atoms with Gasteiger partial charge in [0.05, 0.1) is 4.92 Å². The van der Waals surface area contributed by atoms with Crippen molar-refractivity contribution in [3.05, 3.63) is 106 Å². The van der Waals surface area contributed by atoms with Crippen LogP contribution in [-0.2, 0) is 6.61 Å². The topological polar surface area (TPSA) is 81.8 Å². The molecule has 148 valence electrons. The lowest BCUT2D eigenvalue weighted by Crippen LogP contribution is -2.49. The molecule has 3 aromatic rings.